The third-order valence-corrected chi connectivity index (χ3v) is 8.23. The summed E-state index contributed by atoms with van der Waals surface area (Å²) < 4.78 is 6.65. The fourth-order valence-electron chi connectivity index (χ4n) is 5.63. The highest BCUT2D eigenvalue weighted by molar-refractivity contribution is 5.82. The van der Waals surface area contributed by atoms with E-state index in [0.717, 1.165) is 81.0 Å². The summed E-state index contributed by atoms with van der Waals surface area (Å²) in [5.41, 5.74) is 5.48. The number of aromatic hydroxyl groups is 1. The molecule has 0 spiro atoms. The molecule has 0 amide bonds. The molecule has 2 aliphatic heterocycles. The van der Waals surface area contributed by atoms with Gasteiger partial charge in [0.15, 0.2) is 0 Å². The van der Waals surface area contributed by atoms with Crippen LogP contribution in [0.5, 0.6) is 11.5 Å². The lowest BCUT2D eigenvalue weighted by atomic mass is 9.85. The van der Waals surface area contributed by atoms with Gasteiger partial charge in [0.25, 0.3) is 0 Å². The Morgan fingerprint density at radius 2 is 1.59 bits per heavy atom. The molecule has 1 fully saturated rings. The van der Waals surface area contributed by atoms with E-state index in [1.54, 1.807) is 0 Å². The van der Waals surface area contributed by atoms with Crippen LogP contribution >= 0.6 is 0 Å². The molecule has 4 nitrogen and oxygen atoms in total. The second kappa shape index (κ2) is 9.24. The molecule has 34 heavy (non-hydrogen) atoms. The minimum atomic E-state index is -0.143. The smallest absolute Gasteiger partial charge is 0.127 e. The molecule has 0 radical (unpaired) electrons. The number of piperazine rings is 1. The lowest BCUT2D eigenvalue weighted by molar-refractivity contribution is 0.0351. The fourth-order valence-corrected chi connectivity index (χ4v) is 5.63. The van der Waals surface area contributed by atoms with Gasteiger partial charge in [0.05, 0.1) is 0 Å². The van der Waals surface area contributed by atoms with Crippen LogP contribution < -0.4 is 4.74 Å². The molecule has 1 unspecified atom stereocenters. The molecule has 0 aromatic heterocycles. The number of hydrogen-bond donors (Lipinski definition) is 1. The number of rotatable bonds is 5. The number of benzene rings is 3. The van der Waals surface area contributed by atoms with Crippen molar-refractivity contribution in [2.75, 3.05) is 32.7 Å². The fraction of sp³-hybridized carbons (Fsp3) is 0.467. The summed E-state index contributed by atoms with van der Waals surface area (Å²) in [4.78, 5) is 5.18. The molecule has 0 aliphatic carbocycles. The maximum Gasteiger partial charge on any atom is 0.127 e. The summed E-state index contributed by atoms with van der Waals surface area (Å²) in [6, 6.07) is 15.5. The molecule has 1 atom stereocenters. The van der Waals surface area contributed by atoms with Gasteiger partial charge in [0.1, 0.15) is 17.1 Å². The number of phenols is 1. The zero-order chi connectivity index (χ0) is 23.9. The summed E-state index contributed by atoms with van der Waals surface area (Å²) >= 11 is 0. The molecule has 0 saturated carbocycles. The van der Waals surface area contributed by atoms with E-state index < -0.39 is 0 Å². The zero-order valence-corrected chi connectivity index (χ0v) is 21.2. The van der Waals surface area contributed by atoms with Crippen molar-refractivity contribution < 1.29 is 9.84 Å². The molecule has 4 heteroatoms. The van der Waals surface area contributed by atoms with Crippen LogP contribution in [0.4, 0.5) is 0 Å². The maximum absolute atomic E-state index is 10.4. The maximum atomic E-state index is 10.4. The number of phenolic OH excluding ortho intramolecular Hbond substituents is 1. The third-order valence-electron chi connectivity index (χ3n) is 8.23. The van der Waals surface area contributed by atoms with E-state index in [4.69, 9.17) is 4.74 Å². The van der Waals surface area contributed by atoms with Gasteiger partial charge in [0.2, 0.25) is 0 Å². The van der Waals surface area contributed by atoms with Crippen LogP contribution in [0.25, 0.3) is 10.8 Å². The molecule has 0 bridgehead atoms. The monoisotopic (exact) mass is 458 g/mol. The normalized spacial score (nSPS) is 21.4. The number of ether oxygens (including phenoxy) is 1. The minimum Gasteiger partial charge on any atom is -0.507 e. The predicted octanol–water partition coefficient (Wildman–Crippen LogP) is 5.76. The summed E-state index contributed by atoms with van der Waals surface area (Å²) in [6.07, 6.45) is 3.02. The van der Waals surface area contributed by atoms with E-state index >= 15 is 0 Å². The second-order valence-electron chi connectivity index (χ2n) is 10.6. The molecule has 3 aromatic rings. The average Bonchev–Trinajstić information content (AvgIpc) is 2.86. The first-order chi connectivity index (χ1) is 16.3. The van der Waals surface area contributed by atoms with Crippen LogP contribution in [-0.2, 0) is 13.0 Å². The first kappa shape index (κ1) is 23.2. The lowest BCUT2D eigenvalue weighted by Crippen LogP contribution is -2.48. The number of hydrogen-bond acceptors (Lipinski definition) is 4. The van der Waals surface area contributed by atoms with E-state index in [-0.39, 0.29) is 5.60 Å². The van der Waals surface area contributed by atoms with Crippen molar-refractivity contribution in [2.45, 2.75) is 59.1 Å². The average molecular weight is 459 g/mol. The van der Waals surface area contributed by atoms with E-state index in [0.29, 0.717) is 5.75 Å². The van der Waals surface area contributed by atoms with Gasteiger partial charge in [-0.15, -0.1) is 0 Å². The van der Waals surface area contributed by atoms with Crippen molar-refractivity contribution in [3.8, 4) is 11.5 Å². The van der Waals surface area contributed by atoms with Crippen LogP contribution in [0.2, 0.25) is 0 Å². The van der Waals surface area contributed by atoms with Crippen LogP contribution in [0.3, 0.4) is 0 Å². The molecule has 3 aromatic carbocycles. The highest BCUT2D eigenvalue weighted by Crippen LogP contribution is 2.44. The van der Waals surface area contributed by atoms with Crippen molar-refractivity contribution in [2.24, 2.45) is 0 Å². The van der Waals surface area contributed by atoms with Crippen LogP contribution in [-0.4, -0.2) is 53.2 Å². The third kappa shape index (κ3) is 4.54. The van der Waals surface area contributed by atoms with Gasteiger partial charge in [-0.2, -0.15) is 0 Å². The molecule has 1 N–H and O–H groups in total. The Labute approximate surface area is 204 Å². The van der Waals surface area contributed by atoms with Gasteiger partial charge >= 0.3 is 0 Å². The standard InChI is InChI=1S/C30H38N2O2/c1-21-22(2)29-27(23(3)28(21)33)11-12-30(4,34-29)13-14-31-15-17-32(18-16-31)20-24-9-10-25-7-5-6-8-26(25)19-24/h5-10,19,33H,11-18,20H2,1-4H3. The molecule has 5 rings (SSSR count). The highest BCUT2D eigenvalue weighted by Gasteiger charge is 2.35. The SMILES string of the molecule is Cc1c(C)c2c(c(C)c1O)CCC(C)(CCN1CCN(Cc3ccc4ccccc4c3)CC1)O2. The summed E-state index contributed by atoms with van der Waals surface area (Å²) in [6.45, 7) is 14.9. The number of nitrogens with zero attached hydrogens (tertiary/aromatic N) is 2. The Morgan fingerprint density at radius 1 is 0.882 bits per heavy atom. The van der Waals surface area contributed by atoms with Gasteiger partial charge in [-0.1, -0.05) is 36.4 Å². The topological polar surface area (TPSA) is 35.9 Å². The van der Waals surface area contributed by atoms with Crippen molar-refractivity contribution in [1.29, 1.82) is 0 Å². The minimum absolute atomic E-state index is 0.143. The van der Waals surface area contributed by atoms with E-state index in [1.807, 2.05) is 13.8 Å². The van der Waals surface area contributed by atoms with Crippen LogP contribution in [0.1, 0.15) is 47.6 Å². The molecular formula is C30H38N2O2. The van der Waals surface area contributed by atoms with Gasteiger partial charge < -0.3 is 14.7 Å². The molecule has 2 heterocycles. The van der Waals surface area contributed by atoms with E-state index in [9.17, 15) is 5.11 Å². The van der Waals surface area contributed by atoms with E-state index in [1.165, 1.54) is 21.9 Å². The first-order valence-electron chi connectivity index (χ1n) is 12.8. The molecular weight excluding hydrogens is 420 g/mol. The van der Waals surface area contributed by atoms with Crippen molar-refractivity contribution >= 4 is 10.8 Å². The first-order valence-corrected chi connectivity index (χ1v) is 12.8. The van der Waals surface area contributed by atoms with Gasteiger partial charge in [0, 0.05) is 44.8 Å². The molecule has 1 saturated heterocycles. The summed E-state index contributed by atoms with van der Waals surface area (Å²) in [5.74, 6) is 1.45. The van der Waals surface area contributed by atoms with E-state index in [2.05, 4.69) is 66.1 Å². The van der Waals surface area contributed by atoms with Crippen LogP contribution in [0, 0.1) is 20.8 Å². The summed E-state index contributed by atoms with van der Waals surface area (Å²) in [7, 11) is 0. The van der Waals surface area contributed by atoms with Crippen molar-refractivity contribution in [3.63, 3.8) is 0 Å². The zero-order valence-electron chi connectivity index (χ0n) is 21.2. The summed E-state index contributed by atoms with van der Waals surface area (Å²) in [5, 5.41) is 13.1. The van der Waals surface area contributed by atoms with Gasteiger partial charge in [-0.25, -0.2) is 0 Å². The largest absolute Gasteiger partial charge is 0.507 e. The Bertz CT molecular complexity index is 1200. The Hall–Kier alpha value is -2.56. The van der Waals surface area contributed by atoms with Gasteiger partial charge in [-0.3, -0.25) is 4.90 Å². The Kier molecular flexibility index (Phi) is 6.30. The number of fused-ring (bicyclic) bond motifs is 2. The highest BCUT2D eigenvalue weighted by atomic mass is 16.5. The Balaban J connectivity index is 1.15. The van der Waals surface area contributed by atoms with Crippen LogP contribution in [0.15, 0.2) is 42.5 Å². The molecule has 180 valence electrons. The Morgan fingerprint density at radius 3 is 2.35 bits per heavy atom. The predicted molar refractivity (Wildman–Crippen MR) is 140 cm³/mol. The van der Waals surface area contributed by atoms with Crippen molar-refractivity contribution in [1.82, 2.24) is 9.80 Å². The lowest BCUT2D eigenvalue weighted by Gasteiger charge is -2.40. The van der Waals surface area contributed by atoms with Crippen molar-refractivity contribution in [3.05, 3.63) is 70.3 Å². The second-order valence-corrected chi connectivity index (χ2v) is 10.6. The molecule has 2 aliphatic rings. The quantitative estimate of drug-likeness (QED) is 0.527. The van der Waals surface area contributed by atoms with Gasteiger partial charge in [-0.05, 0) is 86.1 Å².